The molecule has 0 saturated carbocycles. The summed E-state index contributed by atoms with van der Waals surface area (Å²) < 4.78 is 0. The highest BCUT2D eigenvalue weighted by atomic mass is 35.5. The summed E-state index contributed by atoms with van der Waals surface area (Å²) in [4.78, 5) is 9.32. The van der Waals surface area contributed by atoms with Gasteiger partial charge in [0.15, 0.2) is 5.16 Å². The van der Waals surface area contributed by atoms with Crippen LogP contribution in [0.15, 0.2) is 29.4 Å². The molecule has 1 aromatic carbocycles. The van der Waals surface area contributed by atoms with Crippen molar-refractivity contribution in [3.8, 4) is 0 Å². The molecular formula is C17H21ClN4S. The number of benzene rings is 1. The summed E-state index contributed by atoms with van der Waals surface area (Å²) in [6.07, 6.45) is 3.02. The summed E-state index contributed by atoms with van der Waals surface area (Å²) in [5, 5.41) is 8.53. The van der Waals surface area contributed by atoms with E-state index in [1.807, 2.05) is 18.2 Å². The molecule has 0 unspecified atom stereocenters. The third-order valence-corrected chi connectivity index (χ3v) is 4.90. The predicted molar refractivity (Wildman–Crippen MR) is 98.9 cm³/mol. The summed E-state index contributed by atoms with van der Waals surface area (Å²) in [5.74, 6) is 2.92. The van der Waals surface area contributed by atoms with Gasteiger partial charge in [-0.2, -0.15) is 0 Å². The van der Waals surface area contributed by atoms with Crippen molar-refractivity contribution in [3.63, 3.8) is 0 Å². The SMILES string of the molecule is CCSc1nc2c(c(NCCc3ccccc3Cl)n1)CCCN2. The molecule has 0 saturated heterocycles. The first-order valence-electron chi connectivity index (χ1n) is 8.02. The van der Waals surface area contributed by atoms with Gasteiger partial charge in [0.1, 0.15) is 11.6 Å². The minimum absolute atomic E-state index is 0.809. The van der Waals surface area contributed by atoms with Crippen LogP contribution in [-0.2, 0) is 12.8 Å². The van der Waals surface area contributed by atoms with E-state index >= 15 is 0 Å². The number of fused-ring (bicyclic) bond motifs is 1. The quantitative estimate of drug-likeness (QED) is 0.603. The molecule has 1 aliphatic rings. The van der Waals surface area contributed by atoms with Crippen LogP contribution in [0, 0.1) is 0 Å². The van der Waals surface area contributed by atoms with Gasteiger partial charge in [0.25, 0.3) is 0 Å². The summed E-state index contributed by atoms with van der Waals surface area (Å²) in [6.45, 7) is 3.91. The third kappa shape index (κ3) is 4.09. The van der Waals surface area contributed by atoms with Gasteiger partial charge < -0.3 is 10.6 Å². The fraction of sp³-hybridized carbons (Fsp3) is 0.412. The van der Waals surface area contributed by atoms with Crippen molar-refractivity contribution in [2.45, 2.75) is 31.3 Å². The van der Waals surface area contributed by atoms with E-state index in [0.717, 1.165) is 65.5 Å². The van der Waals surface area contributed by atoms with Crippen molar-refractivity contribution >= 4 is 35.0 Å². The molecule has 1 aliphatic heterocycles. The van der Waals surface area contributed by atoms with E-state index in [1.54, 1.807) is 11.8 Å². The molecular weight excluding hydrogens is 328 g/mol. The molecule has 0 atom stereocenters. The lowest BCUT2D eigenvalue weighted by atomic mass is 10.1. The van der Waals surface area contributed by atoms with Crippen LogP contribution in [0.3, 0.4) is 0 Å². The largest absolute Gasteiger partial charge is 0.370 e. The fourth-order valence-electron chi connectivity index (χ4n) is 2.67. The lowest BCUT2D eigenvalue weighted by Crippen LogP contribution is -2.18. The average Bonchev–Trinajstić information content (AvgIpc) is 2.57. The van der Waals surface area contributed by atoms with Gasteiger partial charge >= 0.3 is 0 Å². The zero-order valence-corrected chi connectivity index (χ0v) is 14.8. The first-order valence-corrected chi connectivity index (χ1v) is 9.39. The Balaban J connectivity index is 1.73. The topological polar surface area (TPSA) is 49.8 Å². The lowest BCUT2D eigenvalue weighted by Gasteiger charge is -2.21. The molecule has 1 aromatic heterocycles. The molecule has 0 spiro atoms. The highest BCUT2D eigenvalue weighted by Gasteiger charge is 2.17. The zero-order chi connectivity index (χ0) is 16.1. The molecule has 122 valence electrons. The van der Waals surface area contributed by atoms with Gasteiger partial charge in [-0.25, -0.2) is 9.97 Å². The Morgan fingerprint density at radius 1 is 1.30 bits per heavy atom. The number of nitrogens with one attached hydrogen (secondary N) is 2. The molecule has 4 nitrogen and oxygen atoms in total. The van der Waals surface area contributed by atoms with Gasteiger partial charge in [0.2, 0.25) is 0 Å². The Morgan fingerprint density at radius 3 is 3.00 bits per heavy atom. The average molecular weight is 349 g/mol. The molecule has 0 bridgehead atoms. The minimum atomic E-state index is 0.809. The number of thioether (sulfide) groups is 1. The number of hydrogen-bond donors (Lipinski definition) is 2. The number of hydrogen-bond acceptors (Lipinski definition) is 5. The second kappa shape index (κ2) is 7.88. The van der Waals surface area contributed by atoms with Crippen molar-refractivity contribution in [3.05, 3.63) is 40.4 Å². The van der Waals surface area contributed by atoms with E-state index in [0.29, 0.717) is 0 Å². The molecule has 0 amide bonds. The molecule has 6 heteroatoms. The number of anilines is 2. The van der Waals surface area contributed by atoms with Gasteiger partial charge in [-0.1, -0.05) is 48.5 Å². The summed E-state index contributed by atoms with van der Waals surface area (Å²) in [6, 6.07) is 7.98. The van der Waals surface area contributed by atoms with E-state index in [4.69, 9.17) is 16.6 Å². The molecule has 0 radical (unpaired) electrons. The number of nitrogens with zero attached hydrogens (tertiary/aromatic N) is 2. The lowest BCUT2D eigenvalue weighted by molar-refractivity contribution is 0.788. The van der Waals surface area contributed by atoms with Gasteiger partial charge in [0.05, 0.1) is 0 Å². The minimum Gasteiger partial charge on any atom is -0.370 e. The van der Waals surface area contributed by atoms with Gasteiger partial charge in [-0.15, -0.1) is 0 Å². The van der Waals surface area contributed by atoms with Gasteiger partial charge in [-0.3, -0.25) is 0 Å². The second-order valence-corrected chi connectivity index (χ2v) is 7.05. The zero-order valence-electron chi connectivity index (χ0n) is 13.2. The fourth-order valence-corrected chi connectivity index (χ4v) is 3.48. The molecule has 2 N–H and O–H groups in total. The van der Waals surface area contributed by atoms with E-state index in [1.165, 1.54) is 5.56 Å². The Morgan fingerprint density at radius 2 is 2.17 bits per heavy atom. The van der Waals surface area contributed by atoms with Crippen LogP contribution in [0.4, 0.5) is 11.6 Å². The summed E-state index contributed by atoms with van der Waals surface area (Å²) in [7, 11) is 0. The highest BCUT2D eigenvalue weighted by Crippen LogP contribution is 2.29. The highest BCUT2D eigenvalue weighted by molar-refractivity contribution is 7.99. The summed E-state index contributed by atoms with van der Waals surface area (Å²) >= 11 is 7.89. The Bertz CT molecular complexity index is 678. The Kier molecular flexibility index (Phi) is 5.62. The smallest absolute Gasteiger partial charge is 0.191 e. The van der Waals surface area contributed by atoms with Crippen LogP contribution in [0.1, 0.15) is 24.5 Å². The van der Waals surface area contributed by atoms with Crippen LogP contribution in [0.25, 0.3) is 0 Å². The van der Waals surface area contributed by atoms with Crippen molar-refractivity contribution in [1.29, 1.82) is 0 Å². The molecule has 2 heterocycles. The normalized spacial score (nSPS) is 13.3. The second-order valence-electron chi connectivity index (χ2n) is 5.41. The molecule has 0 fully saturated rings. The van der Waals surface area contributed by atoms with Crippen LogP contribution in [0.5, 0.6) is 0 Å². The maximum Gasteiger partial charge on any atom is 0.191 e. The molecule has 23 heavy (non-hydrogen) atoms. The van der Waals surface area contributed by atoms with Crippen LogP contribution in [0.2, 0.25) is 5.02 Å². The first kappa shape index (κ1) is 16.4. The first-order chi connectivity index (χ1) is 11.3. The Labute approximate surface area is 146 Å². The van der Waals surface area contributed by atoms with E-state index in [2.05, 4.69) is 28.6 Å². The maximum atomic E-state index is 6.22. The standard InChI is InChI=1S/C17H21ClN4S/c1-2-23-17-21-15-13(7-5-10-19-15)16(22-17)20-11-9-12-6-3-4-8-14(12)18/h3-4,6,8H,2,5,7,9-11H2,1H3,(H2,19,20,21,22). The van der Waals surface area contributed by atoms with Crippen LogP contribution < -0.4 is 10.6 Å². The third-order valence-electron chi connectivity index (χ3n) is 3.80. The molecule has 0 aliphatic carbocycles. The van der Waals surface area contributed by atoms with Crippen molar-refractivity contribution in [2.24, 2.45) is 0 Å². The molecule has 2 aromatic rings. The maximum absolute atomic E-state index is 6.22. The van der Waals surface area contributed by atoms with Crippen molar-refractivity contribution < 1.29 is 0 Å². The van der Waals surface area contributed by atoms with Crippen LogP contribution >= 0.6 is 23.4 Å². The molecule has 3 rings (SSSR count). The van der Waals surface area contributed by atoms with Crippen molar-refractivity contribution in [1.82, 2.24) is 9.97 Å². The van der Waals surface area contributed by atoms with E-state index in [9.17, 15) is 0 Å². The monoisotopic (exact) mass is 348 g/mol. The van der Waals surface area contributed by atoms with Crippen molar-refractivity contribution in [2.75, 3.05) is 29.5 Å². The summed E-state index contributed by atoms with van der Waals surface area (Å²) in [5.41, 5.74) is 2.36. The number of aromatic nitrogens is 2. The number of halogens is 1. The van der Waals surface area contributed by atoms with Crippen LogP contribution in [-0.4, -0.2) is 28.8 Å². The number of rotatable bonds is 6. The van der Waals surface area contributed by atoms with E-state index in [-0.39, 0.29) is 0 Å². The van der Waals surface area contributed by atoms with Gasteiger partial charge in [-0.05, 0) is 36.6 Å². The predicted octanol–water partition coefficient (Wildman–Crippen LogP) is 4.25. The van der Waals surface area contributed by atoms with Gasteiger partial charge in [0, 0.05) is 23.7 Å². The Hall–Kier alpha value is -1.46. The van der Waals surface area contributed by atoms with E-state index < -0.39 is 0 Å².